The summed E-state index contributed by atoms with van der Waals surface area (Å²) < 4.78 is 6.27. The van der Waals surface area contributed by atoms with Crippen LogP contribution in [0.15, 0.2) is 217 Å². The Balaban J connectivity index is 0.989. The minimum atomic E-state index is 0.598. The van der Waals surface area contributed by atoms with Gasteiger partial charge in [-0.1, -0.05) is 170 Å². The summed E-state index contributed by atoms with van der Waals surface area (Å²) >= 11 is 0. The molecule has 3 heterocycles. The first kappa shape index (κ1) is 35.8. The van der Waals surface area contributed by atoms with E-state index in [0.717, 1.165) is 89.0 Å². The van der Waals surface area contributed by atoms with Crippen LogP contribution >= 0.6 is 0 Å². The molecule has 0 atom stereocenters. The van der Waals surface area contributed by atoms with Crippen molar-refractivity contribution >= 4 is 21.9 Å². The first-order chi connectivity index (χ1) is 30.2. The summed E-state index contributed by atoms with van der Waals surface area (Å²) in [5, 5.41) is 2.17. The molecule has 0 saturated carbocycles. The Morgan fingerprint density at radius 2 is 0.623 bits per heavy atom. The van der Waals surface area contributed by atoms with Gasteiger partial charge < -0.3 is 4.42 Å². The van der Waals surface area contributed by atoms with E-state index in [1.54, 1.807) is 0 Å². The molecule has 0 spiro atoms. The molecule has 0 bridgehead atoms. The van der Waals surface area contributed by atoms with Gasteiger partial charge >= 0.3 is 0 Å². The third-order valence-corrected chi connectivity index (χ3v) is 10.9. The monoisotopic (exact) mass is 781 g/mol. The van der Waals surface area contributed by atoms with E-state index in [4.69, 9.17) is 29.3 Å². The third kappa shape index (κ3) is 7.13. The summed E-state index contributed by atoms with van der Waals surface area (Å²) in [4.78, 5) is 25.4. The van der Waals surface area contributed by atoms with E-state index in [1.807, 2.05) is 84.9 Å². The van der Waals surface area contributed by atoms with Crippen LogP contribution < -0.4 is 0 Å². The minimum Gasteiger partial charge on any atom is -0.456 e. The predicted molar refractivity (Wildman–Crippen MR) is 246 cm³/mol. The SMILES string of the molecule is c1ccc(-c2cccc(-c3nc(-c4ccccc4)nc(-c4cccc(-c5cccc(-c6cc(-c7ccc8c(c7)oc7ccccc78)nc(-c7ccccc7)n6)c5)c4)n3)c2)cc1. The number of aromatic nitrogens is 5. The van der Waals surface area contributed by atoms with Crippen LogP contribution in [0.25, 0.3) is 112 Å². The van der Waals surface area contributed by atoms with Gasteiger partial charge in [-0.05, 0) is 64.7 Å². The molecule has 6 heteroatoms. The van der Waals surface area contributed by atoms with E-state index in [2.05, 4.69) is 127 Å². The molecule has 6 nitrogen and oxygen atoms in total. The van der Waals surface area contributed by atoms with Crippen molar-refractivity contribution in [3.8, 4) is 90.3 Å². The van der Waals surface area contributed by atoms with Gasteiger partial charge in [0, 0.05) is 44.2 Å². The Morgan fingerprint density at radius 3 is 1.21 bits per heavy atom. The van der Waals surface area contributed by atoms with Crippen molar-refractivity contribution in [2.75, 3.05) is 0 Å². The molecule has 61 heavy (non-hydrogen) atoms. The van der Waals surface area contributed by atoms with Crippen molar-refractivity contribution in [1.82, 2.24) is 24.9 Å². The molecule has 0 unspecified atom stereocenters. The van der Waals surface area contributed by atoms with E-state index in [9.17, 15) is 0 Å². The average molecular weight is 782 g/mol. The fourth-order valence-corrected chi connectivity index (χ4v) is 7.86. The standard InChI is InChI=1S/C55H35N5O/c1-4-15-36(16-5-1)39-21-13-25-44(32-39)54-58-53(38-19-8-3-9-20-38)59-55(60-54)45-26-14-23-41(33-45)40-22-12-24-42(31-40)48-35-49(57-52(56-48)37-17-6-2-7-18-37)43-29-30-47-46-27-10-11-28-50(46)61-51(47)34-43/h1-35H. The number of fused-ring (bicyclic) bond motifs is 3. The summed E-state index contributed by atoms with van der Waals surface area (Å²) in [5.74, 6) is 2.48. The van der Waals surface area contributed by atoms with Crippen LogP contribution in [0.3, 0.4) is 0 Å². The smallest absolute Gasteiger partial charge is 0.164 e. The first-order valence-electron chi connectivity index (χ1n) is 20.2. The largest absolute Gasteiger partial charge is 0.456 e. The van der Waals surface area contributed by atoms with Crippen LogP contribution in [0.2, 0.25) is 0 Å². The van der Waals surface area contributed by atoms with E-state index in [-0.39, 0.29) is 0 Å². The zero-order valence-corrected chi connectivity index (χ0v) is 32.9. The Bertz CT molecular complexity index is 3360. The lowest BCUT2D eigenvalue weighted by Crippen LogP contribution is -2.00. The minimum absolute atomic E-state index is 0.598. The number of nitrogens with zero attached hydrogens (tertiary/aromatic N) is 5. The molecule has 0 radical (unpaired) electrons. The van der Waals surface area contributed by atoms with Crippen molar-refractivity contribution in [1.29, 1.82) is 0 Å². The van der Waals surface area contributed by atoms with Crippen molar-refractivity contribution in [2.24, 2.45) is 0 Å². The molecule has 0 aliphatic carbocycles. The highest BCUT2D eigenvalue weighted by atomic mass is 16.3. The van der Waals surface area contributed by atoms with Crippen molar-refractivity contribution in [2.45, 2.75) is 0 Å². The second-order valence-electron chi connectivity index (χ2n) is 14.9. The van der Waals surface area contributed by atoms with Gasteiger partial charge in [-0.25, -0.2) is 24.9 Å². The van der Waals surface area contributed by atoms with Gasteiger partial charge in [0.2, 0.25) is 0 Å². The number of hydrogen-bond acceptors (Lipinski definition) is 6. The molecule has 0 saturated heterocycles. The maximum Gasteiger partial charge on any atom is 0.164 e. The van der Waals surface area contributed by atoms with Crippen LogP contribution in [0.4, 0.5) is 0 Å². The van der Waals surface area contributed by atoms with Gasteiger partial charge in [-0.3, -0.25) is 0 Å². The van der Waals surface area contributed by atoms with Gasteiger partial charge in [-0.15, -0.1) is 0 Å². The van der Waals surface area contributed by atoms with Crippen LogP contribution in [-0.4, -0.2) is 24.9 Å². The summed E-state index contributed by atoms with van der Waals surface area (Å²) in [5.41, 5.74) is 13.2. The van der Waals surface area contributed by atoms with E-state index in [0.29, 0.717) is 23.3 Å². The van der Waals surface area contributed by atoms with Gasteiger partial charge in [0.05, 0.1) is 11.4 Å². The predicted octanol–water partition coefficient (Wildman–Crippen LogP) is 13.9. The summed E-state index contributed by atoms with van der Waals surface area (Å²) in [6, 6.07) is 72.3. The van der Waals surface area contributed by atoms with Gasteiger partial charge in [0.15, 0.2) is 23.3 Å². The van der Waals surface area contributed by atoms with Gasteiger partial charge in [0.1, 0.15) is 11.2 Å². The van der Waals surface area contributed by atoms with E-state index >= 15 is 0 Å². The Kier molecular flexibility index (Phi) is 9.06. The molecular formula is C55H35N5O. The summed E-state index contributed by atoms with van der Waals surface area (Å²) in [6.07, 6.45) is 0. The molecule has 0 fully saturated rings. The highest BCUT2D eigenvalue weighted by Crippen LogP contribution is 2.35. The molecule has 0 aliphatic heterocycles. The fourth-order valence-electron chi connectivity index (χ4n) is 7.86. The maximum absolute atomic E-state index is 6.27. The second kappa shape index (κ2) is 15.4. The number of para-hydroxylation sites is 1. The second-order valence-corrected chi connectivity index (χ2v) is 14.9. The molecule has 11 rings (SSSR count). The molecule has 0 amide bonds. The molecule has 11 aromatic rings. The number of furan rings is 1. The fraction of sp³-hybridized carbons (Fsp3) is 0. The van der Waals surface area contributed by atoms with Crippen LogP contribution in [0, 0.1) is 0 Å². The Hall–Kier alpha value is -8.35. The van der Waals surface area contributed by atoms with Crippen LogP contribution in [0.5, 0.6) is 0 Å². The first-order valence-corrected chi connectivity index (χ1v) is 20.2. The van der Waals surface area contributed by atoms with Gasteiger partial charge in [0.25, 0.3) is 0 Å². The summed E-state index contributed by atoms with van der Waals surface area (Å²) in [7, 11) is 0. The lowest BCUT2D eigenvalue weighted by Gasteiger charge is -2.12. The third-order valence-electron chi connectivity index (χ3n) is 10.9. The zero-order chi connectivity index (χ0) is 40.5. The van der Waals surface area contributed by atoms with Gasteiger partial charge in [-0.2, -0.15) is 0 Å². The van der Waals surface area contributed by atoms with E-state index in [1.165, 1.54) is 0 Å². The number of rotatable bonds is 8. The van der Waals surface area contributed by atoms with Crippen LogP contribution in [0.1, 0.15) is 0 Å². The van der Waals surface area contributed by atoms with Crippen molar-refractivity contribution in [3.05, 3.63) is 212 Å². The van der Waals surface area contributed by atoms with E-state index < -0.39 is 0 Å². The number of benzene rings is 8. The molecule has 0 N–H and O–H groups in total. The molecule has 286 valence electrons. The lowest BCUT2D eigenvalue weighted by molar-refractivity contribution is 0.669. The Labute approximate surface area is 352 Å². The Morgan fingerprint density at radius 1 is 0.230 bits per heavy atom. The molecule has 3 aromatic heterocycles. The molecule has 8 aromatic carbocycles. The summed E-state index contributed by atoms with van der Waals surface area (Å²) in [6.45, 7) is 0. The molecular weight excluding hydrogens is 747 g/mol. The highest BCUT2D eigenvalue weighted by molar-refractivity contribution is 6.05. The quantitative estimate of drug-likeness (QED) is 0.153. The normalized spacial score (nSPS) is 11.3. The lowest BCUT2D eigenvalue weighted by atomic mass is 9.99. The maximum atomic E-state index is 6.27. The van der Waals surface area contributed by atoms with Crippen LogP contribution in [-0.2, 0) is 0 Å². The topological polar surface area (TPSA) is 77.6 Å². The molecule has 0 aliphatic rings. The van der Waals surface area contributed by atoms with Crippen molar-refractivity contribution in [3.63, 3.8) is 0 Å². The van der Waals surface area contributed by atoms with Crippen molar-refractivity contribution < 1.29 is 4.42 Å². The highest BCUT2D eigenvalue weighted by Gasteiger charge is 2.16. The average Bonchev–Trinajstić information content (AvgIpc) is 3.73. The number of hydrogen-bond donors (Lipinski definition) is 0. The zero-order valence-electron chi connectivity index (χ0n) is 32.9.